The zero-order valence-electron chi connectivity index (χ0n) is 28.3. The summed E-state index contributed by atoms with van der Waals surface area (Å²) in [4.78, 5) is 56.0. The van der Waals surface area contributed by atoms with E-state index in [2.05, 4.69) is 30.4 Å². The van der Waals surface area contributed by atoms with Crippen LogP contribution in [0.3, 0.4) is 0 Å². The Labute approximate surface area is 274 Å². The highest BCUT2D eigenvalue weighted by Gasteiger charge is 2.34. The minimum absolute atomic E-state index is 0.150. The SMILES string of the molecule is C=CC1=C(C)c2cc3nc(c(CC(=O)OC)c4[nH]c(cc5[nH]c(cc1n2)c(C)c5CC)c(C)c4C(=O)OC)[C@@H](CCC(=O)OC)[C@@H]3C. The number of hydrogen-bond acceptors (Lipinski definition) is 8. The molecule has 2 N–H and O–H groups in total. The van der Waals surface area contributed by atoms with Gasteiger partial charge in [0.05, 0.1) is 55.9 Å². The summed E-state index contributed by atoms with van der Waals surface area (Å²) in [7, 11) is 4.02. The molecule has 3 aromatic heterocycles. The van der Waals surface area contributed by atoms with Gasteiger partial charge < -0.3 is 24.2 Å². The first-order valence-electron chi connectivity index (χ1n) is 15.8. The van der Waals surface area contributed by atoms with Crippen LogP contribution in [0, 0.1) is 13.8 Å². The molecule has 0 saturated carbocycles. The number of fused-ring (bicyclic) bond motifs is 8. The smallest absolute Gasteiger partial charge is 0.340 e. The summed E-state index contributed by atoms with van der Waals surface area (Å²) in [5.74, 6) is -1.82. The van der Waals surface area contributed by atoms with Crippen LogP contribution in [0.1, 0.15) is 101 Å². The predicted octanol–water partition coefficient (Wildman–Crippen LogP) is 6.95. The monoisotopic (exact) mass is 638 g/mol. The van der Waals surface area contributed by atoms with E-state index in [-0.39, 0.29) is 30.6 Å². The van der Waals surface area contributed by atoms with Crippen molar-refractivity contribution in [3.8, 4) is 0 Å². The van der Waals surface area contributed by atoms with Gasteiger partial charge in [-0.05, 0) is 74.1 Å². The van der Waals surface area contributed by atoms with Crippen LogP contribution < -0.4 is 0 Å². The molecule has 0 spiro atoms. The van der Waals surface area contributed by atoms with E-state index in [0.717, 1.165) is 56.8 Å². The van der Waals surface area contributed by atoms with Crippen molar-refractivity contribution in [2.45, 2.75) is 72.1 Å². The number of nitrogens with zero attached hydrogens (tertiary/aromatic N) is 2. The second-order valence-electron chi connectivity index (χ2n) is 12.0. The van der Waals surface area contributed by atoms with Crippen LogP contribution in [0.4, 0.5) is 0 Å². The van der Waals surface area contributed by atoms with Crippen LogP contribution in [-0.2, 0) is 36.6 Å². The molecule has 246 valence electrons. The number of aromatic nitrogens is 4. The van der Waals surface area contributed by atoms with Gasteiger partial charge in [0.1, 0.15) is 0 Å². The Hall–Kier alpha value is -4.99. The van der Waals surface area contributed by atoms with Crippen molar-refractivity contribution in [1.29, 1.82) is 0 Å². The average molecular weight is 639 g/mol. The topological polar surface area (TPSA) is 136 Å². The minimum atomic E-state index is -0.546. The van der Waals surface area contributed by atoms with E-state index in [1.165, 1.54) is 21.3 Å². The normalized spacial score (nSPS) is 15.8. The van der Waals surface area contributed by atoms with E-state index in [4.69, 9.17) is 24.2 Å². The minimum Gasteiger partial charge on any atom is -0.469 e. The number of aromatic amines is 2. The highest BCUT2D eigenvalue weighted by atomic mass is 16.5. The van der Waals surface area contributed by atoms with Gasteiger partial charge in [-0.2, -0.15) is 0 Å². The van der Waals surface area contributed by atoms with Gasteiger partial charge in [0.15, 0.2) is 0 Å². The second-order valence-corrected chi connectivity index (χ2v) is 12.0. The zero-order valence-corrected chi connectivity index (χ0v) is 28.3. The standard InChI is InChI=1S/C37H42N4O6/c1-10-22-18(3)26-15-28-20(5)24(12-13-32(42)45-7)35(40-28)25(14-33(43)46-8)36-34(37(44)47-9)21(6)29(41-36)17-31-23(11-2)19(4)27(39-31)16-30(22)38-26/h10,15-17,20,24,39,41H,1,11-14H2,2-9H3/t20-,24-/m0/s1. The predicted molar refractivity (Wildman–Crippen MR) is 182 cm³/mol. The number of allylic oxidation sites excluding steroid dienone is 3. The molecule has 0 aliphatic carbocycles. The Balaban J connectivity index is 2.03. The number of carbonyl (C=O) groups is 3. The van der Waals surface area contributed by atoms with Gasteiger partial charge in [-0.1, -0.05) is 26.5 Å². The fourth-order valence-electron chi connectivity index (χ4n) is 6.78. The van der Waals surface area contributed by atoms with E-state index in [1.54, 1.807) is 0 Å². The first-order valence-corrected chi connectivity index (χ1v) is 15.8. The van der Waals surface area contributed by atoms with Crippen LogP contribution in [0.2, 0.25) is 0 Å². The van der Waals surface area contributed by atoms with E-state index in [9.17, 15) is 14.4 Å². The number of rotatable bonds is 8. The Morgan fingerprint density at radius 2 is 1.57 bits per heavy atom. The molecule has 0 saturated heterocycles. The zero-order chi connectivity index (χ0) is 34.2. The number of esters is 3. The van der Waals surface area contributed by atoms with Crippen molar-refractivity contribution in [2.75, 3.05) is 21.3 Å². The maximum Gasteiger partial charge on any atom is 0.340 e. The maximum absolute atomic E-state index is 13.4. The lowest BCUT2D eigenvalue weighted by molar-refractivity contribution is -0.141. The molecule has 10 nitrogen and oxygen atoms in total. The third kappa shape index (κ3) is 6.00. The summed E-state index contributed by atoms with van der Waals surface area (Å²) < 4.78 is 15.4. The van der Waals surface area contributed by atoms with Crippen LogP contribution in [0.5, 0.6) is 0 Å². The lowest BCUT2D eigenvalue weighted by Gasteiger charge is -2.18. The average Bonchev–Trinajstić information content (AvgIpc) is 3.74. The molecule has 0 unspecified atom stereocenters. The van der Waals surface area contributed by atoms with Crippen molar-refractivity contribution in [2.24, 2.45) is 0 Å². The molecule has 0 aromatic carbocycles. The Kier molecular flexibility index (Phi) is 9.51. The lowest BCUT2D eigenvalue weighted by Crippen LogP contribution is -2.13. The molecule has 8 bridgehead atoms. The van der Waals surface area contributed by atoms with Gasteiger partial charge >= 0.3 is 17.9 Å². The first kappa shape index (κ1) is 33.4. The first-order chi connectivity index (χ1) is 22.5. The summed E-state index contributed by atoms with van der Waals surface area (Å²) in [6.07, 6.45) is 3.00. The molecule has 47 heavy (non-hydrogen) atoms. The third-order valence-electron chi connectivity index (χ3n) is 9.56. The molecule has 2 aliphatic rings. The number of methoxy groups -OCH3 is 3. The molecule has 10 heteroatoms. The molecular formula is C37H42N4O6. The number of H-pyrrole nitrogens is 2. The number of carbonyl (C=O) groups excluding carboxylic acids is 3. The number of hydrogen-bond donors (Lipinski definition) is 2. The second kappa shape index (κ2) is 13.4. The van der Waals surface area contributed by atoms with Crippen LogP contribution in [0.15, 0.2) is 30.9 Å². The Morgan fingerprint density at radius 1 is 0.872 bits per heavy atom. The largest absolute Gasteiger partial charge is 0.469 e. The fourth-order valence-corrected chi connectivity index (χ4v) is 6.78. The van der Waals surface area contributed by atoms with Gasteiger partial charge in [-0.15, -0.1) is 0 Å². The summed E-state index contributed by atoms with van der Waals surface area (Å²) in [6.45, 7) is 14.2. The number of nitrogens with one attached hydrogen (secondary N) is 2. The van der Waals surface area contributed by atoms with Gasteiger partial charge in [0, 0.05) is 51.6 Å². The van der Waals surface area contributed by atoms with Crippen molar-refractivity contribution < 1.29 is 28.6 Å². The van der Waals surface area contributed by atoms with E-state index in [1.807, 2.05) is 45.0 Å². The maximum atomic E-state index is 13.4. The van der Waals surface area contributed by atoms with Gasteiger partial charge in [-0.3, -0.25) is 14.6 Å². The Morgan fingerprint density at radius 3 is 2.21 bits per heavy atom. The molecular weight excluding hydrogens is 596 g/mol. The molecule has 0 amide bonds. The highest BCUT2D eigenvalue weighted by Crippen LogP contribution is 2.43. The summed E-state index contributed by atoms with van der Waals surface area (Å²) in [5, 5.41) is 0. The number of aryl methyl sites for hydroxylation is 3. The molecule has 5 heterocycles. The molecule has 5 rings (SSSR count). The highest BCUT2D eigenvalue weighted by molar-refractivity contribution is 6.03. The fraction of sp³-hybridized carbons (Fsp3) is 0.378. The van der Waals surface area contributed by atoms with Crippen molar-refractivity contribution >= 4 is 51.1 Å². The van der Waals surface area contributed by atoms with Gasteiger partial charge in [0.2, 0.25) is 0 Å². The Bertz CT molecular complexity index is 2000. The van der Waals surface area contributed by atoms with Gasteiger partial charge in [-0.25, -0.2) is 9.78 Å². The molecule has 2 atom stereocenters. The van der Waals surface area contributed by atoms with Crippen molar-refractivity contribution in [3.05, 3.63) is 81.4 Å². The van der Waals surface area contributed by atoms with Crippen LogP contribution in [0.25, 0.3) is 33.2 Å². The summed E-state index contributed by atoms with van der Waals surface area (Å²) >= 11 is 0. The molecule has 0 fully saturated rings. The quantitative estimate of drug-likeness (QED) is 0.200. The van der Waals surface area contributed by atoms with E-state index >= 15 is 0 Å². The third-order valence-corrected chi connectivity index (χ3v) is 9.56. The van der Waals surface area contributed by atoms with Crippen LogP contribution >= 0.6 is 0 Å². The van der Waals surface area contributed by atoms with E-state index < -0.39 is 11.9 Å². The van der Waals surface area contributed by atoms with Crippen LogP contribution in [-0.4, -0.2) is 59.2 Å². The summed E-state index contributed by atoms with van der Waals surface area (Å²) in [5.41, 5.74) is 11.4. The molecule has 2 aliphatic heterocycles. The number of ether oxygens (including phenoxy) is 3. The van der Waals surface area contributed by atoms with Crippen molar-refractivity contribution in [1.82, 2.24) is 19.9 Å². The lowest BCUT2D eigenvalue weighted by atomic mass is 9.85. The molecule has 3 aromatic rings. The summed E-state index contributed by atoms with van der Waals surface area (Å²) in [6, 6.07) is 6.00. The van der Waals surface area contributed by atoms with E-state index in [0.29, 0.717) is 39.8 Å². The van der Waals surface area contributed by atoms with Gasteiger partial charge in [0.25, 0.3) is 0 Å². The van der Waals surface area contributed by atoms with Crippen molar-refractivity contribution in [3.63, 3.8) is 0 Å². The molecule has 0 radical (unpaired) electrons.